The van der Waals surface area contributed by atoms with Crippen LogP contribution < -0.4 is 10.9 Å². The summed E-state index contributed by atoms with van der Waals surface area (Å²) in [5.74, 6) is 0.769. The highest BCUT2D eigenvalue weighted by molar-refractivity contribution is 5.91. The van der Waals surface area contributed by atoms with Crippen LogP contribution in [0.5, 0.6) is 0 Å². The van der Waals surface area contributed by atoms with Gasteiger partial charge in [-0.1, -0.05) is 45.0 Å². The van der Waals surface area contributed by atoms with Gasteiger partial charge in [0.05, 0.1) is 11.0 Å². The summed E-state index contributed by atoms with van der Waals surface area (Å²) in [5, 5.41) is 2.96. The minimum atomic E-state index is -0.157. The fourth-order valence-corrected chi connectivity index (χ4v) is 3.89. The lowest BCUT2D eigenvalue weighted by molar-refractivity contribution is -0.116. The van der Waals surface area contributed by atoms with Crippen LogP contribution in [-0.2, 0) is 17.8 Å². The molecule has 154 valence electrons. The first-order valence-corrected chi connectivity index (χ1v) is 10.3. The highest BCUT2D eigenvalue weighted by Crippen LogP contribution is 2.19. The second-order valence-electron chi connectivity index (χ2n) is 7.87. The van der Waals surface area contributed by atoms with E-state index in [2.05, 4.69) is 24.1 Å². The number of imidazole rings is 1. The van der Waals surface area contributed by atoms with Crippen LogP contribution in [-0.4, -0.2) is 19.9 Å². The molecule has 2 aromatic carbocycles. The molecule has 4 aromatic rings. The highest BCUT2D eigenvalue weighted by atomic mass is 16.2. The Kier molecular flexibility index (Phi) is 5.16. The molecule has 30 heavy (non-hydrogen) atoms. The third kappa shape index (κ3) is 3.38. The molecule has 0 bridgehead atoms. The molecule has 0 atom stereocenters. The van der Waals surface area contributed by atoms with Crippen LogP contribution in [0, 0.1) is 6.92 Å². The molecule has 0 radical (unpaired) electrons. The molecule has 2 aromatic heterocycles. The molecule has 6 nitrogen and oxygen atoms in total. The standard InChI is InChI=1S/C24H26N4O2/c1-5-19-16(4)27(14-22(29)25-18-12-10-17(11-13-18)15(2)3)24-26-20-8-6-7-9-21(20)28(24)23(19)30/h6-13,15H,5,14H2,1-4H3,(H,25,29). The second kappa shape index (κ2) is 7.78. The number of nitrogens with zero attached hydrogens (tertiary/aromatic N) is 3. The third-order valence-electron chi connectivity index (χ3n) is 5.60. The van der Waals surface area contributed by atoms with Gasteiger partial charge in [0.15, 0.2) is 0 Å². The largest absolute Gasteiger partial charge is 0.325 e. The van der Waals surface area contributed by atoms with E-state index in [1.165, 1.54) is 5.56 Å². The molecule has 0 spiro atoms. The second-order valence-corrected chi connectivity index (χ2v) is 7.87. The van der Waals surface area contributed by atoms with Crippen LogP contribution in [0.4, 0.5) is 5.69 Å². The average molecular weight is 402 g/mol. The minimum absolute atomic E-state index is 0.0698. The molecule has 0 fully saturated rings. The number of anilines is 1. The van der Waals surface area contributed by atoms with Gasteiger partial charge in [0.25, 0.3) is 5.56 Å². The van der Waals surface area contributed by atoms with Gasteiger partial charge in [-0.2, -0.15) is 0 Å². The van der Waals surface area contributed by atoms with Crippen LogP contribution in [0.2, 0.25) is 0 Å². The molecular formula is C24H26N4O2. The molecule has 4 rings (SSSR count). The SMILES string of the molecule is CCc1c(C)n(CC(=O)Nc2ccc(C(C)C)cc2)c2nc3ccccc3n2c1=O. The number of hydrogen-bond donors (Lipinski definition) is 1. The molecule has 2 heterocycles. The zero-order valence-electron chi connectivity index (χ0n) is 17.8. The van der Waals surface area contributed by atoms with Crippen molar-refractivity contribution in [1.82, 2.24) is 14.0 Å². The Morgan fingerprint density at radius 3 is 2.47 bits per heavy atom. The van der Waals surface area contributed by atoms with Crippen molar-refractivity contribution in [3.05, 3.63) is 75.7 Å². The summed E-state index contributed by atoms with van der Waals surface area (Å²) >= 11 is 0. The fourth-order valence-electron chi connectivity index (χ4n) is 3.89. The minimum Gasteiger partial charge on any atom is -0.325 e. The quantitative estimate of drug-likeness (QED) is 0.542. The molecule has 0 aliphatic carbocycles. The predicted molar refractivity (Wildman–Crippen MR) is 120 cm³/mol. The van der Waals surface area contributed by atoms with Gasteiger partial charge in [-0.3, -0.25) is 9.59 Å². The van der Waals surface area contributed by atoms with Gasteiger partial charge in [-0.25, -0.2) is 9.38 Å². The maximum absolute atomic E-state index is 13.1. The van der Waals surface area contributed by atoms with Gasteiger partial charge in [-0.15, -0.1) is 0 Å². The predicted octanol–water partition coefficient (Wildman–Crippen LogP) is 4.28. The number of benzene rings is 2. The van der Waals surface area contributed by atoms with E-state index >= 15 is 0 Å². The first-order valence-electron chi connectivity index (χ1n) is 10.3. The number of rotatable bonds is 5. The normalized spacial score (nSPS) is 11.5. The van der Waals surface area contributed by atoms with Gasteiger partial charge < -0.3 is 9.88 Å². The molecule has 0 aliphatic rings. The highest BCUT2D eigenvalue weighted by Gasteiger charge is 2.18. The van der Waals surface area contributed by atoms with E-state index in [1.54, 1.807) is 4.40 Å². The number of carbonyl (C=O) groups is 1. The Morgan fingerprint density at radius 2 is 1.80 bits per heavy atom. The van der Waals surface area contributed by atoms with Gasteiger partial charge >= 0.3 is 0 Å². The summed E-state index contributed by atoms with van der Waals surface area (Å²) in [4.78, 5) is 30.6. The number of aromatic nitrogens is 3. The van der Waals surface area contributed by atoms with E-state index in [-0.39, 0.29) is 18.0 Å². The van der Waals surface area contributed by atoms with Crippen LogP contribution in [0.15, 0.2) is 53.3 Å². The Balaban J connectivity index is 1.74. The van der Waals surface area contributed by atoms with Crippen molar-refractivity contribution in [3.63, 3.8) is 0 Å². The Hall–Kier alpha value is -3.41. The Labute approximate surface area is 175 Å². The van der Waals surface area contributed by atoms with Crippen LogP contribution >= 0.6 is 0 Å². The zero-order valence-corrected chi connectivity index (χ0v) is 17.8. The number of fused-ring (bicyclic) bond motifs is 3. The first-order chi connectivity index (χ1) is 14.4. The van der Waals surface area contributed by atoms with Gasteiger partial charge in [0.2, 0.25) is 11.7 Å². The monoisotopic (exact) mass is 402 g/mol. The smallest absolute Gasteiger partial charge is 0.262 e. The lowest BCUT2D eigenvalue weighted by Gasteiger charge is -2.16. The van der Waals surface area contributed by atoms with E-state index in [1.807, 2.05) is 66.9 Å². The molecule has 0 saturated carbocycles. The van der Waals surface area contributed by atoms with E-state index in [4.69, 9.17) is 0 Å². The Bertz CT molecular complexity index is 1300. The number of amides is 1. The van der Waals surface area contributed by atoms with Crippen molar-refractivity contribution >= 4 is 28.4 Å². The summed E-state index contributed by atoms with van der Waals surface area (Å²) in [5.41, 5.74) is 4.87. The van der Waals surface area contributed by atoms with Crippen molar-refractivity contribution < 1.29 is 4.79 Å². The Morgan fingerprint density at radius 1 is 1.10 bits per heavy atom. The third-order valence-corrected chi connectivity index (χ3v) is 5.60. The van der Waals surface area contributed by atoms with Crippen LogP contribution in [0.25, 0.3) is 16.8 Å². The van der Waals surface area contributed by atoms with Crippen molar-refractivity contribution in [2.75, 3.05) is 5.32 Å². The topological polar surface area (TPSA) is 68.4 Å². The molecule has 1 N–H and O–H groups in total. The van der Waals surface area contributed by atoms with E-state index in [0.717, 1.165) is 22.4 Å². The summed E-state index contributed by atoms with van der Waals surface area (Å²) < 4.78 is 3.45. The average Bonchev–Trinajstić information content (AvgIpc) is 3.11. The van der Waals surface area contributed by atoms with Crippen molar-refractivity contribution in [2.24, 2.45) is 0 Å². The fraction of sp³-hybridized carbons (Fsp3) is 0.292. The molecule has 0 aliphatic heterocycles. The van der Waals surface area contributed by atoms with Gasteiger partial charge in [0.1, 0.15) is 6.54 Å². The summed E-state index contributed by atoms with van der Waals surface area (Å²) in [6, 6.07) is 15.4. The van der Waals surface area contributed by atoms with E-state index in [9.17, 15) is 9.59 Å². The van der Waals surface area contributed by atoms with Crippen molar-refractivity contribution in [2.45, 2.75) is 46.6 Å². The first kappa shape index (κ1) is 19.9. The summed E-state index contributed by atoms with van der Waals surface area (Å²) in [6.07, 6.45) is 0.589. The lowest BCUT2D eigenvalue weighted by Crippen LogP contribution is -2.28. The summed E-state index contributed by atoms with van der Waals surface area (Å²) in [7, 11) is 0. The maximum atomic E-state index is 13.1. The van der Waals surface area contributed by atoms with E-state index < -0.39 is 0 Å². The number of hydrogen-bond acceptors (Lipinski definition) is 3. The summed E-state index contributed by atoms with van der Waals surface area (Å²) in [6.45, 7) is 8.19. The zero-order chi connectivity index (χ0) is 21.4. The number of carbonyl (C=O) groups excluding carboxylic acids is 1. The number of para-hydroxylation sites is 2. The lowest BCUT2D eigenvalue weighted by atomic mass is 10.0. The molecule has 1 amide bonds. The molecular weight excluding hydrogens is 376 g/mol. The van der Waals surface area contributed by atoms with Crippen LogP contribution in [0.3, 0.4) is 0 Å². The van der Waals surface area contributed by atoms with Gasteiger partial charge in [0, 0.05) is 16.9 Å². The van der Waals surface area contributed by atoms with Crippen molar-refractivity contribution in [3.8, 4) is 0 Å². The van der Waals surface area contributed by atoms with Crippen LogP contribution in [0.1, 0.15) is 43.5 Å². The van der Waals surface area contributed by atoms with E-state index in [0.29, 0.717) is 23.7 Å². The maximum Gasteiger partial charge on any atom is 0.262 e. The molecule has 6 heteroatoms. The van der Waals surface area contributed by atoms with Crippen molar-refractivity contribution in [1.29, 1.82) is 0 Å². The molecule has 0 unspecified atom stereocenters. The number of nitrogens with one attached hydrogen (secondary N) is 1. The van der Waals surface area contributed by atoms with Gasteiger partial charge in [-0.05, 0) is 49.1 Å². The molecule has 0 saturated heterocycles.